The van der Waals surface area contributed by atoms with Crippen LogP contribution in [0.4, 0.5) is 13.2 Å². The number of phenols is 1. The first-order chi connectivity index (χ1) is 10.6. The molecule has 130 valence electrons. The Balaban J connectivity index is 2.29. The standard InChI is InChI=1S/C13H15F3O7/c14-13(15,16)6-2-1-5(18)3-7(6)22-12-11(21)10(20)9(19)8(4-17)23-12/h1-3,8-12,17-21H,4H2/t8?,9-,10?,11?,12-/m1/s1. The van der Waals surface area contributed by atoms with Gasteiger partial charge >= 0.3 is 6.18 Å². The molecule has 0 amide bonds. The van der Waals surface area contributed by atoms with E-state index in [9.17, 15) is 33.6 Å². The number of aromatic hydroxyl groups is 1. The van der Waals surface area contributed by atoms with Crippen LogP contribution in [0, 0.1) is 0 Å². The number of rotatable bonds is 3. The maximum atomic E-state index is 12.9. The molecule has 1 fully saturated rings. The number of halogens is 3. The minimum absolute atomic E-state index is 0.516. The van der Waals surface area contributed by atoms with Crippen LogP contribution in [-0.2, 0) is 10.9 Å². The van der Waals surface area contributed by atoms with E-state index in [1.54, 1.807) is 0 Å². The van der Waals surface area contributed by atoms with Crippen molar-refractivity contribution in [1.29, 1.82) is 0 Å². The molecule has 1 saturated heterocycles. The molecule has 5 N–H and O–H groups in total. The van der Waals surface area contributed by atoms with Crippen molar-refractivity contribution in [3.05, 3.63) is 23.8 Å². The fraction of sp³-hybridized carbons (Fsp3) is 0.538. The molecule has 1 aromatic carbocycles. The van der Waals surface area contributed by atoms with Crippen molar-refractivity contribution in [1.82, 2.24) is 0 Å². The van der Waals surface area contributed by atoms with Gasteiger partial charge in [0.1, 0.15) is 35.9 Å². The van der Waals surface area contributed by atoms with Crippen LogP contribution in [0.25, 0.3) is 0 Å². The molecular formula is C13H15F3O7. The minimum atomic E-state index is -4.79. The van der Waals surface area contributed by atoms with Gasteiger partial charge in [-0.15, -0.1) is 0 Å². The van der Waals surface area contributed by atoms with Gasteiger partial charge in [-0.3, -0.25) is 0 Å². The van der Waals surface area contributed by atoms with E-state index in [1.807, 2.05) is 0 Å². The largest absolute Gasteiger partial charge is 0.508 e. The summed E-state index contributed by atoms with van der Waals surface area (Å²) in [6.07, 6.45) is -13.2. The van der Waals surface area contributed by atoms with Gasteiger partial charge in [0.25, 0.3) is 0 Å². The smallest absolute Gasteiger partial charge is 0.419 e. The van der Waals surface area contributed by atoms with Gasteiger partial charge in [-0.1, -0.05) is 0 Å². The van der Waals surface area contributed by atoms with E-state index in [1.165, 1.54) is 0 Å². The Morgan fingerprint density at radius 3 is 2.30 bits per heavy atom. The average molecular weight is 340 g/mol. The molecule has 0 bridgehead atoms. The van der Waals surface area contributed by atoms with Crippen molar-refractivity contribution in [2.75, 3.05) is 6.61 Å². The molecular weight excluding hydrogens is 325 g/mol. The van der Waals surface area contributed by atoms with Crippen LogP contribution in [0.15, 0.2) is 18.2 Å². The number of phenolic OH excluding ortho intramolecular Hbond substituents is 1. The predicted molar refractivity (Wildman–Crippen MR) is 67.5 cm³/mol. The van der Waals surface area contributed by atoms with Crippen molar-refractivity contribution < 1.29 is 48.2 Å². The highest BCUT2D eigenvalue weighted by Crippen LogP contribution is 2.39. The molecule has 0 saturated carbocycles. The van der Waals surface area contributed by atoms with Gasteiger partial charge in [-0.05, 0) is 12.1 Å². The quantitative estimate of drug-likeness (QED) is 0.507. The maximum Gasteiger partial charge on any atom is 0.419 e. The zero-order valence-electron chi connectivity index (χ0n) is 11.5. The number of aliphatic hydroxyl groups is 4. The van der Waals surface area contributed by atoms with Crippen LogP contribution in [0.2, 0.25) is 0 Å². The summed E-state index contributed by atoms with van der Waals surface area (Å²) in [5, 5.41) is 47.3. The van der Waals surface area contributed by atoms with E-state index in [4.69, 9.17) is 14.6 Å². The molecule has 5 atom stereocenters. The topological polar surface area (TPSA) is 120 Å². The fourth-order valence-corrected chi connectivity index (χ4v) is 2.13. The lowest BCUT2D eigenvalue weighted by Crippen LogP contribution is -2.60. The Bertz CT molecular complexity index is 549. The van der Waals surface area contributed by atoms with E-state index < -0.39 is 60.6 Å². The number of hydrogen-bond acceptors (Lipinski definition) is 7. The molecule has 1 heterocycles. The summed E-state index contributed by atoms with van der Waals surface area (Å²) >= 11 is 0. The Morgan fingerprint density at radius 2 is 1.74 bits per heavy atom. The summed E-state index contributed by atoms with van der Waals surface area (Å²) in [5.74, 6) is -1.35. The molecule has 7 nitrogen and oxygen atoms in total. The third-order valence-corrected chi connectivity index (χ3v) is 3.36. The fourth-order valence-electron chi connectivity index (χ4n) is 2.13. The number of aliphatic hydroxyl groups excluding tert-OH is 4. The predicted octanol–water partition coefficient (Wildman–Crippen LogP) is -0.410. The van der Waals surface area contributed by atoms with Crippen molar-refractivity contribution >= 4 is 0 Å². The van der Waals surface area contributed by atoms with Crippen LogP contribution in [0.3, 0.4) is 0 Å². The Hall–Kier alpha value is -1.59. The lowest BCUT2D eigenvalue weighted by molar-refractivity contribution is -0.278. The van der Waals surface area contributed by atoms with E-state index in [0.29, 0.717) is 12.1 Å². The second-order valence-corrected chi connectivity index (χ2v) is 4.99. The van der Waals surface area contributed by atoms with E-state index in [-0.39, 0.29) is 0 Å². The Kier molecular flexibility index (Phi) is 5.01. The van der Waals surface area contributed by atoms with Gasteiger partial charge in [0.15, 0.2) is 0 Å². The van der Waals surface area contributed by atoms with Crippen molar-refractivity contribution in [2.45, 2.75) is 36.9 Å². The summed E-state index contributed by atoms with van der Waals surface area (Å²) in [5.41, 5.74) is -1.23. The first kappa shape index (κ1) is 17.8. The Labute approximate surface area is 128 Å². The van der Waals surface area contributed by atoms with Gasteiger partial charge in [0, 0.05) is 6.07 Å². The second kappa shape index (κ2) is 6.49. The molecule has 0 aromatic heterocycles. The molecule has 3 unspecified atom stereocenters. The zero-order valence-corrected chi connectivity index (χ0v) is 11.5. The molecule has 0 radical (unpaired) electrons. The highest BCUT2D eigenvalue weighted by atomic mass is 19.4. The van der Waals surface area contributed by atoms with Crippen LogP contribution >= 0.6 is 0 Å². The molecule has 1 aliphatic heterocycles. The summed E-state index contributed by atoms with van der Waals surface area (Å²) in [7, 11) is 0. The molecule has 23 heavy (non-hydrogen) atoms. The van der Waals surface area contributed by atoms with Crippen molar-refractivity contribution in [3.63, 3.8) is 0 Å². The van der Waals surface area contributed by atoms with Crippen LogP contribution in [0.1, 0.15) is 5.56 Å². The molecule has 1 aliphatic rings. The number of ether oxygens (including phenoxy) is 2. The molecule has 2 rings (SSSR count). The third kappa shape index (κ3) is 3.67. The van der Waals surface area contributed by atoms with Gasteiger partial charge in [0.05, 0.1) is 12.2 Å². The maximum absolute atomic E-state index is 12.9. The molecule has 1 aromatic rings. The highest BCUT2D eigenvalue weighted by Gasteiger charge is 2.45. The Morgan fingerprint density at radius 1 is 1.09 bits per heavy atom. The van der Waals surface area contributed by atoms with Crippen LogP contribution < -0.4 is 4.74 Å². The monoisotopic (exact) mass is 340 g/mol. The minimum Gasteiger partial charge on any atom is -0.508 e. The lowest BCUT2D eigenvalue weighted by Gasteiger charge is -2.39. The van der Waals surface area contributed by atoms with E-state index in [0.717, 1.165) is 6.07 Å². The molecule has 10 heteroatoms. The second-order valence-electron chi connectivity index (χ2n) is 4.99. The summed E-state index contributed by atoms with van der Waals surface area (Å²) in [6.45, 7) is -0.753. The lowest BCUT2D eigenvalue weighted by atomic mass is 9.99. The van der Waals surface area contributed by atoms with Gasteiger partial charge in [0.2, 0.25) is 6.29 Å². The summed E-state index contributed by atoms with van der Waals surface area (Å²) in [4.78, 5) is 0. The SMILES string of the molecule is OCC1O[C@@H](Oc2cc(O)ccc2C(F)(F)F)C(O)C(O)[C@@H]1O. The van der Waals surface area contributed by atoms with E-state index in [2.05, 4.69) is 0 Å². The highest BCUT2D eigenvalue weighted by molar-refractivity contribution is 5.41. The molecule has 0 spiro atoms. The van der Waals surface area contributed by atoms with Crippen molar-refractivity contribution in [2.24, 2.45) is 0 Å². The first-order valence-electron chi connectivity index (χ1n) is 6.52. The average Bonchev–Trinajstić information content (AvgIpc) is 2.46. The number of hydrogen-bond donors (Lipinski definition) is 5. The normalized spacial score (nSPS) is 31.9. The zero-order chi connectivity index (χ0) is 17.4. The third-order valence-electron chi connectivity index (χ3n) is 3.36. The molecule has 0 aliphatic carbocycles. The van der Waals surface area contributed by atoms with E-state index >= 15 is 0 Å². The van der Waals surface area contributed by atoms with Gasteiger partial charge in [-0.25, -0.2) is 0 Å². The first-order valence-corrected chi connectivity index (χ1v) is 6.52. The van der Waals surface area contributed by atoms with Crippen LogP contribution in [0.5, 0.6) is 11.5 Å². The van der Waals surface area contributed by atoms with Gasteiger partial charge in [-0.2, -0.15) is 13.2 Å². The summed E-state index contributed by atoms with van der Waals surface area (Å²) in [6, 6.07) is 2.06. The van der Waals surface area contributed by atoms with Crippen LogP contribution in [-0.4, -0.2) is 62.8 Å². The number of benzene rings is 1. The van der Waals surface area contributed by atoms with Gasteiger partial charge < -0.3 is 35.0 Å². The summed E-state index contributed by atoms with van der Waals surface area (Å²) < 4.78 is 48.6. The number of alkyl halides is 3. The van der Waals surface area contributed by atoms with Crippen molar-refractivity contribution in [3.8, 4) is 11.5 Å².